The Morgan fingerprint density at radius 3 is 1.05 bits per heavy atom. The first-order valence-corrected chi connectivity index (χ1v) is 38.1. The summed E-state index contributed by atoms with van der Waals surface area (Å²) in [5, 5.41) is 14.0. The smallest absolute Gasteiger partial charge is 0.387 e. The summed E-state index contributed by atoms with van der Waals surface area (Å²) in [4.78, 5) is 23.4. The van der Waals surface area contributed by atoms with Crippen LogP contribution in [0.25, 0.3) is 0 Å². The third-order valence-corrected chi connectivity index (χ3v) is 16.8. The summed E-state index contributed by atoms with van der Waals surface area (Å²) in [6, 6.07) is -0.876. The zero-order valence-electron chi connectivity index (χ0n) is 57.9. The van der Waals surface area contributed by atoms with Gasteiger partial charge in [0.15, 0.2) is 0 Å². The van der Waals surface area contributed by atoms with Gasteiger partial charge in [-0.05, 0) is 103 Å². The molecule has 0 bridgehead atoms. The van der Waals surface area contributed by atoms with E-state index >= 15 is 0 Å². The minimum Gasteiger partial charge on any atom is -0.387 e. The maximum Gasteiger partial charge on any atom is 0.472 e. The summed E-state index contributed by atoms with van der Waals surface area (Å²) in [6.07, 6.45) is 103. The Bertz CT molecular complexity index is 1900. The number of nitrogens with one attached hydrogen (secondary N) is 1. The predicted molar refractivity (Wildman–Crippen MR) is 387 cm³/mol. The van der Waals surface area contributed by atoms with Gasteiger partial charge in [0.25, 0.3) is 0 Å². The van der Waals surface area contributed by atoms with Gasteiger partial charge >= 0.3 is 7.82 Å². The van der Waals surface area contributed by atoms with Crippen LogP contribution >= 0.6 is 7.82 Å². The van der Waals surface area contributed by atoms with Gasteiger partial charge in [0.2, 0.25) is 5.91 Å². The maximum absolute atomic E-state index is 13.1. The fourth-order valence-corrected chi connectivity index (χ4v) is 11.0. The highest BCUT2D eigenvalue weighted by atomic mass is 31.2. The van der Waals surface area contributed by atoms with E-state index in [9.17, 15) is 19.4 Å². The number of aliphatic hydroxyl groups excluding tert-OH is 1. The number of carbonyl (C=O) groups excluding carboxylic acids is 1. The van der Waals surface area contributed by atoms with Crippen molar-refractivity contribution in [1.29, 1.82) is 0 Å². The van der Waals surface area contributed by atoms with Gasteiger partial charge in [-0.25, -0.2) is 4.57 Å². The molecule has 3 N–H and O–H groups in total. The largest absolute Gasteiger partial charge is 0.472 e. The molecular weight excluding hydrogens is 1100 g/mol. The Labute approximate surface area is 545 Å². The second-order valence-electron chi connectivity index (χ2n) is 25.6. The number of rotatable bonds is 66. The molecule has 0 saturated carbocycles. The molecule has 0 heterocycles. The SMILES string of the molecule is CC/C=C\C/C=C\C/C=C\C/C=C\C/C=C\C/C=C\C/C=C\C/C=C\C/C=C\CCCCCCCCCCCCCC(=O)NC(COP(=O)(O)OCC[N+](C)(C)C)C(O)/C=C/CC/C=C/CCCCCCCCCCCCCCCCCCCCCCC. The lowest BCUT2D eigenvalue weighted by molar-refractivity contribution is -0.870. The number of carbonyl (C=O) groups is 1. The van der Waals surface area contributed by atoms with Crippen molar-refractivity contribution in [3.63, 3.8) is 0 Å². The second kappa shape index (κ2) is 68.0. The number of hydrogen-bond donors (Lipinski definition) is 3. The summed E-state index contributed by atoms with van der Waals surface area (Å²) in [5.41, 5.74) is 0. The summed E-state index contributed by atoms with van der Waals surface area (Å²) in [7, 11) is 1.55. The van der Waals surface area contributed by atoms with Crippen LogP contribution in [0, 0.1) is 0 Å². The summed E-state index contributed by atoms with van der Waals surface area (Å²) >= 11 is 0. The molecule has 0 aromatic heterocycles. The van der Waals surface area contributed by atoms with E-state index < -0.39 is 20.0 Å². The third-order valence-electron chi connectivity index (χ3n) is 15.9. The average Bonchev–Trinajstić information content (AvgIpc) is 3.70. The minimum atomic E-state index is -4.37. The van der Waals surface area contributed by atoms with Gasteiger partial charge in [-0.1, -0.05) is 334 Å². The van der Waals surface area contributed by atoms with Gasteiger partial charge in [-0.15, -0.1) is 0 Å². The number of unbranched alkanes of at least 4 members (excludes halogenated alkanes) is 33. The number of allylic oxidation sites excluding steroid dienone is 21. The van der Waals surface area contributed by atoms with Crippen molar-refractivity contribution in [2.75, 3.05) is 40.9 Å². The van der Waals surface area contributed by atoms with Crippen LogP contribution in [-0.2, 0) is 18.4 Å². The molecule has 0 aromatic rings. The highest BCUT2D eigenvalue weighted by Crippen LogP contribution is 2.43. The first-order chi connectivity index (χ1) is 43.0. The van der Waals surface area contributed by atoms with E-state index in [1.165, 1.54) is 193 Å². The number of likely N-dealkylation sites (N-methyl/N-ethyl adjacent to an activating group) is 1. The molecule has 0 aromatic carbocycles. The Morgan fingerprint density at radius 1 is 0.398 bits per heavy atom. The van der Waals surface area contributed by atoms with E-state index in [0.717, 1.165) is 96.3 Å². The Balaban J connectivity index is 4.13. The van der Waals surface area contributed by atoms with E-state index in [2.05, 4.69) is 141 Å². The molecule has 0 aliphatic carbocycles. The molecule has 9 heteroatoms. The van der Waals surface area contributed by atoms with Gasteiger partial charge < -0.3 is 19.8 Å². The van der Waals surface area contributed by atoms with Crippen molar-refractivity contribution < 1.29 is 32.9 Å². The van der Waals surface area contributed by atoms with E-state index in [4.69, 9.17) is 9.05 Å². The number of hydrogen-bond acceptors (Lipinski definition) is 5. The number of phosphoric acid groups is 1. The van der Waals surface area contributed by atoms with Crippen LogP contribution in [0.5, 0.6) is 0 Å². The Morgan fingerprint density at radius 2 is 0.693 bits per heavy atom. The van der Waals surface area contributed by atoms with Gasteiger partial charge in [0.1, 0.15) is 13.2 Å². The van der Waals surface area contributed by atoms with E-state index in [-0.39, 0.29) is 19.1 Å². The quantitative estimate of drug-likeness (QED) is 0.0243. The molecule has 506 valence electrons. The van der Waals surface area contributed by atoms with Crippen LogP contribution in [0.4, 0.5) is 0 Å². The molecule has 0 radical (unpaired) electrons. The fraction of sp³-hybridized carbons (Fsp3) is 0.709. The van der Waals surface area contributed by atoms with Gasteiger partial charge in [-0.3, -0.25) is 13.8 Å². The zero-order chi connectivity index (χ0) is 64.1. The monoisotopic (exact) mass is 1240 g/mol. The zero-order valence-corrected chi connectivity index (χ0v) is 58.8. The van der Waals surface area contributed by atoms with Crippen molar-refractivity contribution in [2.24, 2.45) is 0 Å². The summed E-state index contributed by atoms with van der Waals surface area (Å²) in [6.45, 7) is 4.70. The van der Waals surface area contributed by atoms with Crippen molar-refractivity contribution >= 4 is 13.7 Å². The number of quaternary nitrogens is 1. The lowest BCUT2D eigenvalue weighted by atomic mass is 10.0. The first-order valence-electron chi connectivity index (χ1n) is 36.6. The molecule has 0 spiro atoms. The van der Waals surface area contributed by atoms with Crippen LogP contribution in [0.2, 0.25) is 0 Å². The number of phosphoric ester groups is 1. The molecule has 0 aliphatic heterocycles. The average molecular weight is 1240 g/mol. The Hall–Kier alpha value is -3.36. The Kier molecular flexibility index (Phi) is 65.4. The minimum absolute atomic E-state index is 0.0503. The molecule has 3 unspecified atom stereocenters. The lowest BCUT2D eigenvalue weighted by Crippen LogP contribution is -2.45. The van der Waals surface area contributed by atoms with Crippen LogP contribution < -0.4 is 5.32 Å². The van der Waals surface area contributed by atoms with Crippen LogP contribution in [0.3, 0.4) is 0 Å². The number of amides is 1. The van der Waals surface area contributed by atoms with Crippen molar-refractivity contribution in [3.05, 3.63) is 134 Å². The maximum atomic E-state index is 13.1. The molecule has 0 saturated heterocycles. The standard InChI is InChI=1S/C79H139N2O6P/c1-6-8-10-12-14-16-18-20-22-24-26-28-30-32-34-35-36-37-38-39-40-41-42-43-44-45-47-49-51-53-55-57-59-61-63-65-67-69-71-73-79(83)80-77(76-87-88(84,85)86-75-74-81(3,4)5)78(82)72-70-68-66-64-62-60-58-56-54-52-50-48-46-33-31-29-27-25-23-21-19-17-15-13-11-9-7-2/h8,10,14,16,20,22,26,28,32,34,36-37,39-40,42-43,45,47,62,64,70,72,77-78,82H,6-7,9,11-13,15,17-19,21,23-25,27,29-31,33,35,38,41,44,46,48-61,63,65-69,71,73-76H2,1-5H3,(H-,80,83,84,85)/p+1/b10-8-,16-14-,22-20-,28-26-,34-32-,37-36-,40-39-,43-42-,47-45-,64-62+,72-70+. The van der Waals surface area contributed by atoms with Crippen molar-refractivity contribution in [2.45, 2.75) is 321 Å². The van der Waals surface area contributed by atoms with Crippen LogP contribution in [0.1, 0.15) is 309 Å². The molecule has 0 aliphatic rings. The lowest BCUT2D eigenvalue weighted by Gasteiger charge is -2.25. The van der Waals surface area contributed by atoms with Crippen LogP contribution in [-0.4, -0.2) is 73.4 Å². The highest BCUT2D eigenvalue weighted by molar-refractivity contribution is 7.47. The normalized spacial score (nSPS) is 14.4. The fourth-order valence-electron chi connectivity index (χ4n) is 10.2. The summed E-state index contributed by atoms with van der Waals surface area (Å²) < 4.78 is 23.8. The topological polar surface area (TPSA) is 105 Å². The third kappa shape index (κ3) is 70.1. The molecule has 0 rings (SSSR count). The highest BCUT2D eigenvalue weighted by Gasteiger charge is 2.28. The molecule has 8 nitrogen and oxygen atoms in total. The molecule has 3 atom stereocenters. The van der Waals surface area contributed by atoms with Gasteiger partial charge in [0.05, 0.1) is 39.9 Å². The summed E-state index contributed by atoms with van der Waals surface area (Å²) in [5.74, 6) is -0.192. The number of nitrogens with zero attached hydrogens (tertiary/aromatic N) is 1. The van der Waals surface area contributed by atoms with Gasteiger partial charge in [-0.2, -0.15) is 0 Å². The van der Waals surface area contributed by atoms with E-state index in [1.807, 2.05) is 27.2 Å². The molecule has 88 heavy (non-hydrogen) atoms. The number of aliphatic hydroxyl groups is 1. The van der Waals surface area contributed by atoms with E-state index in [1.54, 1.807) is 6.08 Å². The second-order valence-corrected chi connectivity index (χ2v) is 27.0. The first kappa shape index (κ1) is 84.6. The van der Waals surface area contributed by atoms with E-state index in [0.29, 0.717) is 17.4 Å². The van der Waals surface area contributed by atoms with Gasteiger partial charge in [0, 0.05) is 6.42 Å². The predicted octanol–water partition coefficient (Wildman–Crippen LogP) is 23.8. The van der Waals surface area contributed by atoms with Crippen molar-refractivity contribution in [1.82, 2.24) is 5.32 Å². The molecular formula is C79H140N2O6P+. The van der Waals surface area contributed by atoms with Crippen LogP contribution in [0.15, 0.2) is 134 Å². The molecule has 0 fully saturated rings. The van der Waals surface area contributed by atoms with Crippen molar-refractivity contribution in [3.8, 4) is 0 Å². The molecule has 1 amide bonds.